The lowest BCUT2D eigenvalue weighted by atomic mass is 9.69. The van der Waals surface area contributed by atoms with Crippen molar-refractivity contribution in [2.45, 2.75) is 73.0 Å². The van der Waals surface area contributed by atoms with Crippen molar-refractivity contribution in [3.63, 3.8) is 0 Å². The molecule has 1 atom stereocenters. The first-order valence-corrected chi connectivity index (χ1v) is 8.41. The van der Waals surface area contributed by atoms with Gasteiger partial charge in [-0.05, 0) is 69.0 Å². The first-order valence-electron chi connectivity index (χ1n) is 8.41. The summed E-state index contributed by atoms with van der Waals surface area (Å²) in [5.41, 5.74) is 2.78. The van der Waals surface area contributed by atoms with Gasteiger partial charge in [-0.2, -0.15) is 0 Å². The van der Waals surface area contributed by atoms with E-state index in [1.54, 1.807) is 0 Å². The number of allylic oxidation sites excluding steroid dienone is 2. The molecule has 1 spiro atoms. The molecule has 0 aromatic rings. The van der Waals surface area contributed by atoms with E-state index in [0.29, 0.717) is 17.9 Å². The Kier molecular flexibility index (Phi) is 4.63. The largest absolute Gasteiger partial charge is 0.301 e. The summed E-state index contributed by atoms with van der Waals surface area (Å²) in [5.74, 6) is 0.837. The lowest BCUT2D eigenvalue weighted by molar-refractivity contribution is 0.0918. The van der Waals surface area contributed by atoms with Crippen molar-refractivity contribution in [3.8, 4) is 0 Å². The van der Waals surface area contributed by atoms with Crippen LogP contribution in [0.4, 0.5) is 4.39 Å². The Hall–Kier alpha value is -0.370. The Morgan fingerprint density at radius 1 is 1.00 bits per heavy atom. The van der Waals surface area contributed by atoms with Crippen molar-refractivity contribution < 1.29 is 4.39 Å². The summed E-state index contributed by atoms with van der Waals surface area (Å²) in [6.45, 7) is 15.6. The predicted molar refractivity (Wildman–Crippen MR) is 84.6 cm³/mol. The van der Waals surface area contributed by atoms with Crippen molar-refractivity contribution in [2.24, 2.45) is 17.3 Å². The molecule has 1 saturated heterocycles. The van der Waals surface area contributed by atoms with Crippen LogP contribution in [0.1, 0.15) is 60.8 Å². The van der Waals surface area contributed by atoms with Gasteiger partial charge in [0.05, 0.1) is 0 Å². The molecule has 2 heteroatoms. The standard InChI is InChI=1S/C18H32FN/c1-12(2)16-15(19)11-18(17(16)13(3)4)7-9-20(10-8-18)14(5)6/h12-15H,7-11H2,1-6H3. The van der Waals surface area contributed by atoms with Crippen LogP contribution >= 0.6 is 0 Å². The Morgan fingerprint density at radius 3 is 1.95 bits per heavy atom. The number of nitrogens with zero attached hydrogens (tertiary/aromatic N) is 1. The zero-order valence-corrected chi connectivity index (χ0v) is 14.2. The molecule has 1 aliphatic carbocycles. The number of alkyl halides is 1. The summed E-state index contributed by atoms with van der Waals surface area (Å²) < 4.78 is 14.7. The van der Waals surface area contributed by atoms with Crippen LogP contribution in [0.5, 0.6) is 0 Å². The average Bonchev–Trinajstić information content (AvgIpc) is 2.62. The van der Waals surface area contributed by atoms with Crippen LogP contribution in [0.3, 0.4) is 0 Å². The maximum atomic E-state index is 14.7. The van der Waals surface area contributed by atoms with Crippen LogP contribution in [0.2, 0.25) is 0 Å². The second kappa shape index (κ2) is 5.79. The second-order valence-corrected chi connectivity index (χ2v) is 7.76. The van der Waals surface area contributed by atoms with Crippen molar-refractivity contribution in [3.05, 3.63) is 11.1 Å². The molecule has 0 bridgehead atoms. The number of piperidine rings is 1. The van der Waals surface area contributed by atoms with Gasteiger partial charge >= 0.3 is 0 Å². The van der Waals surface area contributed by atoms with Gasteiger partial charge in [-0.15, -0.1) is 0 Å². The minimum Gasteiger partial charge on any atom is -0.301 e. The van der Waals surface area contributed by atoms with Gasteiger partial charge in [-0.3, -0.25) is 0 Å². The van der Waals surface area contributed by atoms with Crippen LogP contribution in [0.25, 0.3) is 0 Å². The molecule has 2 rings (SSSR count). The van der Waals surface area contributed by atoms with Crippen LogP contribution in [-0.4, -0.2) is 30.2 Å². The van der Waals surface area contributed by atoms with Gasteiger partial charge in [0.1, 0.15) is 6.17 Å². The van der Waals surface area contributed by atoms with E-state index >= 15 is 0 Å². The minimum absolute atomic E-state index is 0.165. The zero-order valence-electron chi connectivity index (χ0n) is 14.2. The molecule has 116 valence electrons. The van der Waals surface area contributed by atoms with E-state index in [4.69, 9.17) is 0 Å². The molecule has 0 aromatic carbocycles. The fourth-order valence-electron chi connectivity index (χ4n) is 4.60. The normalized spacial score (nSPS) is 27.6. The fraction of sp³-hybridized carbons (Fsp3) is 0.889. The van der Waals surface area contributed by atoms with Crippen molar-refractivity contribution in [1.29, 1.82) is 0 Å². The summed E-state index contributed by atoms with van der Waals surface area (Å²) in [4.78, 5) is 2.55. The smallest absolute Gasteiger partial charge is 0.123 e. The first-order chi connectivity index (χ1) is 9.28. The predicted octanol–water partition coefficient (Wildman–Crippen LogP) is 4.83. The van der Waals surface area contributed by atoms with Crippen LogP contribution in [-0.2, 0) is 0 Å². The van der Waals surface area contributed by atoms with E-state index in [-0.39, 0.29) is 5.41 Å². The minimum atomic E-state index is -0.696. The molecule has 0 aromatic heterocycles. The van der Waals surface area contributed by atoms with Crippen LogP contribution in [0.15, 0.2) is 11.1 Å². The third-order valence-electron chi connectivity index (χ3n) is 5.47. The second-order valence-electron chi connectivity index (χ2n) is 7.76. The maximum absolute atomic E-state index is 14.7. The fourth-order valence-corrected chi connectivity index (χ4v) is 4.60. The number of hydrogen-bond donors (Lipinski definition) is 0. The zero-order chi connectivity index (χ0) is 15.1. The molecule has 1 fully saturated rings. The Bertz CT molecular complexity index is 373. The van der Waals surface area contributed by atoms with Crippen molar-refractivity contribution in [1.82, 2.24) is 4.90 Å². The summed E-state index contributed by atoms with van der Waals surface area (Å²) >= 11 is 0. The summed E-state index contributed by atoms with van der Waals surface area (Å²) in [6, 6.07) is 0.617. The molecular formula is C18H32FN. The summed E-state index contributed by atoms with van der Waals surface area (Å²) in [7, 11) is 0. The van der Waals surface area contributed by atoms with Gasteiger partial charge in [0.15, 0.2) is 0 Å². The van der Waals surface area contributed by atoms with Gasteiger partial charge in [0, 0.05) is 6.04 Å². The highest BCUT2D eigenvalue weighted by Gasteiger charge is 2.48. The van der Waals surface area contributed by atoms with Gasteiger partial charge in [0.2, 0.25) is 0 Å². The number of rotatable bonds is 3. The van der Waals surface area contributed by atoms with Gasteiger partial charge in [-0.1, -0.05) is 33.3 Å². The Labute approximate surface area is 124 Å². The third kappa shape index (κ3) is 2.68. The van der Waals surface area contributed by atoms with E-state index < -0.39 is 6.17 Å². The molecule has 1 heterocycles. The van der Waals surface area contributed by atoms with Crippen LogP contribution in [0, 0.1) is 17.3 Å². The van der Waals surface area contributed by atoms with Crippen molar-refractivity contribution in [2.75, 3.05) is 13.1 Å². The number of halogens is 1. The quantitative estimate of drug-likeness (QED) is 0.670. The molecule has 0 amide bonds. The number of hydrogen-bond acceptors (Lipinski definition) is 1. The van der Waals surface area contributed by atoms with E-state index in [1.807, 2.05) is 0 Å². The molecule has 0 radical (unpaired) electrons. The van der Waals surface area contributed by atoms with E-state index in [9.17, 15) is 4.39 Å². The van der Waals surface area contributed by atoms with E-state index in [2.05, 4.69) is 46.4 Å². The summed E-state index contributed by atoms with van der Waals surface area (Å²) in [5, 5.41) is 0. The highest BCUT2D eigenvalue weighted by molar-refractivity contribution is 5.35. The monoisotopic (exact) mass is 281 g/mol. The first kappa shape index (κ1) is 16.0. The highest BCUT2D eigenvalue weighted by Crippen LogP contribution is 2.55. The van der Waals surface area contributed by atoms with Crippen LogP contribution < -0.4 is 0 Å². The van der Waals surface area contributed by atoms with Gasteiger partial charge in [-0.25, -0.2) is 4.39 Å². The lowest BCUT2D eigenvalue weighted by Gasteiger charge is -2.44. The van der Waals surface area contributed by atoms with Gasteiger partial charge < -0.3 is 4.90 Å². The van der Waals surface area contributed by atoms with Crippen molar-refractivity contribution >= 4 is 0 Å². The molecule has 2 aliphatic rings. The highest BCUT2D eigenvalue weighted by atomic mass is 19.1. The van der Waals surface area contributed by atoms with Gasteiger partial charge in [0.25, 0.3) is 0 Å². The van der Waals surface area contributed by atoms with E-state index in [1.165, 1.54) is 5.57 Å². The lowest BCUT2D eigenvalue weighted by Crippen LogP contribution is -2.44. The maximum Gasteiger partial charge on any atom is 0.123 e. The number of likely N-dealkylation sites (tertiary alicyclic amines) is 1. The Morgan fingerprint density at radius 2 is 1.55 bits per heavy atom. The molecule has 0 saturated carbocycles. The Balaban J connectivity index is 2.29. The molecule has 0 N–H and O–H groups in total. The third-order valence-corrected chi connectivity index (χ3v) is 5.47. The molecule has 1 aliphatic heterocycles. The molecular weight excluding hydrogens is 249 g/mol. The topological polar surface area (TPSA) is 3.24 Å². The summed E-state index contributed by atoms with van der Waals surface area (Å²) in [6.07, 6.45) is 2.35. The molecule has 1 unspecified atom stereocenters. The van der Waals surface area contributed by atoms with E-state index in [0.717, 1.165) is 37.9 Å². The SMILES string of the molecule is CC(C)C1=C(C(C)C)C2(CCN(C(C)C)CC2)CC1F. The molecule has 20 heavy (non-hydrogen) atoms. The average molecular weight is 281 g/mol. The molecule has 1 nitrogen and oxygen atoms in total.